The Morgan fingerprint density at radius 2 is 2.24 bits per heavy atom. The zero-order valence-corrected chi connectivity index (χ0v) is 11.1. The van der Waals surface area contributed by atoms with Crippen molar-refractivity contribution in [3.05, 3.63) is 34.9 Å². The smallest absolute Gasteiger partial charge is 0.223 e. The lowest BCUT2D eigenvalue weighted by Gasteiger charge is -2.06. The third-order valence-electron chi connectivity index (χ3n) is 3.43. The lowest BCUT2D eigenvalue weighted by atomic mass is 10.1. The zero-order chi connectivity index (χ0) is 12.5. The fraction of sp³-hybridized carbons (Fsp3) is 0.500. The van der Waals surface area contributed by atoms with Crippen molar-refractivity contribution in [1.29, 1.82) is 0 Å². The summed E-state index contributed by atoms with van der Waals surface area (Å²) in [7, 11) is 0. The van der Waals surface area contributed by atoms with E-state index in [2.05, 4.69) is 19.2 Å². The molecule has 0 saturated heterocycles. The normalized spacial score (nSPS) is 21.0. The molecule has 1 aromatic rings. The van der Waals surface area contributed by atoms with Gasteiger partial charge in [0.15, 0.2) is 0 Å². The summed E-state index contributed by atoms with van der Waals surface area (Å²) in [5.74, 6) is 0.402. The minimum Gasteiger partial charge on any atom is -0.356 e. The number of benzene rings is 1. The van der Waals surface area contributed by atoms with Crippen molar-refractivity contribution in [3.63, 3.8) is 0 Å². The van der Waals surface area contributed by atoms with Gasteiger partial charge in [-0.2, -0.15) is 0 Å². The third-order valence-corrected chi connectivity index (χ3v) is 3.67. The van der Waals surface area contributed by atoms with Crippen molar-refractivity contribution in [2.75, 3.05) is 6.54 Å². The predicted octanol–water partition coefficient (Wildman–Crippen LogP) is 3.04. The van der Waals surface area contributed by atoms with Crippen molar-refractivity contribution in [1.82, 2.24) is 5.32 Å². The summed E-state index contributed by atoms with van der Waals surface area (Å²) in [6.07, 6.45) is 1.84. The van der Waals surface area contributed by atoms with Gasteiger partial charge in [-0.1, -0.05) is 37.6 Å². The molecule has 0 bridgehead atoms. The Morgan fingerprint density at radius 3 is 2.82 bits per heavy atom. The highest BCUT2D eigenvalue weighted by molar-refractivity contribution is 6.30. The summed E-state index contributed by atoms with van der Waals surface area (Å²) in [6, 6.07) is 7.76. The lowest BCUT2D eigenvalue weighted by Crippen LogP contribution is -2.28. The monoisotopic (exact) mass is 251 g/mol. The first kappa shape index (κ1) is 12.4. The molecule has 2 rings (SSSR count). The van der Waals surface area contributed by atoms with E-state index in [1.807, 2.05) is 24.3 Å². The van der Waals surface area contributed by atoms with Gasteiger partial charge >= 0.3 is 0 Å². The van der Waals surface area contributed by atoms with E-state index in [1.165, 1.54) is 0 Å². The SMILES string of the molecule is CC1(C)CC1C(=O)NCCc1cccc(Cl)c1. The molecule has 3 heteroatoms. The first-order valence-corrected chi connectivity index (χ1v) is 6.39. The average molecular weight is 252 g/mol. The highest BCUT2D eigenvalue weighted by Crippen LogP contribution is 2.51. The Bertz CT molecular complexity index is 428. The van der Waals surface area contributed by atoms with E-state index in [4.69, 9.17) is 11.6 Å². The van der Waals surface area contributed by atoms with Crippen LogP contribution in [0.15, 0.2) is 24.3 Å². The second kappa shape index (κ2) is 4.69. The quantitative estimate of drug-likeness (QED) is 0.876. The summed E-state index contributed by atoms with van der Waals surface area (Å²) < 4.78 is 0. The van der Waals surface area contributed by atoms with E-state index in [1.54, 1.807) is 0 Å². The molecular weight excluding hydrogens is 234 g/mol. The first-order valence-electron chi connectivity index (χ1n) is 6.01. The maximum absolute atomic E-state index is 11.7. The van der Waals surface area contributed by atoms with Crippen LogP contribution < -0.4 is 5.32 Å². The van der Waals surface area contributed by atoms with Crippen molar-refractivity contribution in [2.45, 2.75) is 26.7 Å². The van der Waals surface area contributed by atoms with Crippen molar-refractivity contribution < 1.29 is 4.79 Å². The van der Waals surface area contributed by atoms with Crippen LogP contribution in [0.4, 0.5) is 0 Å². The van der Waals surface area contributed by atoms with Crippen LogP contribution in [0.3, 0.4) is 0 Å². The molecule has 0 spiro atoms. The fourth-order valence-corrected chi connectivity index (χ4v) is 2.27. The summed E-state index contributed by atoms with van der Waals surface area (Å²) >= 11 is 5.90. The Labute approximate surface area is 107 Å². The van der Waals surface area contributed by atoms with Gasteiger partial charge in [-0.05, 0) is 36.0 Å². The second-order valence-corrected chi connectivity index (χ2v) is 5.85. The highest BCUT2D eigenvalue weighted by Gasteiger charge is 2.50. The van der Waals surface area contributed by atoms with Gasteiger partial charge in [-0.3, -0.25) is 4.79 Å². The molecule has 1 aliphatic carbocycles. The van der Waals surface area contributed by atoms with E-state index in [9.17, 15) is 4.79 Å². The van der Waals surface area contributed by atoms with Crippen molar-refractivity contribution >= 4 is 17.5 Å². The number of carbonyl (C=O) groups excluding carboxylic acids is 1. The summed E-state index contributed by atoms with van der Waals surface area (Å²) in [4.78, 5) is 11.7. The van der Waals surface area contributed by atoms with Crippen molar-refractivity contribution in [2.24, 2.45) is 11.3 Å². The van der Waals surface area contributed by atoms with Gasteiger partial charge in [0.2, 0.25) is 5.91 Å². The molecule has 2 nitrogen and oxygen atoms in total. The summed E-state index contributed by atoms with van der Waals surface area (Å²) in [5, 5.41) is 3.73. The van der Waals surface area contributed by atoms with Crippen LogP contribution in [0, 0.1) is 11.3 Å². The predicted molar refractivity (Wildman–Crippen MR) is 70.1 cm³/mol. The van der Waals surface area contributed by atoms with Gasteiger partial charge in [-0.25, -0.2) is 0 Å². The molecule has 1 aromatic carbocycles. The average Bonchev–Trinajstić information content (AvgIpc) is 2.88. The molecule has 1 fully saturated rings. The number of nitrogens with one attached hydrogen (secondary N) is 1. The summed E-state index contributed by atoms with van der Waals surface area (Å²) in [5.41, 5.74) is 1.37. The number of rotatable bonds is 4. The minimum absolute atomic E-state index is 0.192. The lowest BCUT2D eigenvalue weighted by molar-refractivity contribution is -0.122. The molecule has 1 amide bonds. The van der Waals surface area contributed by atoms with Crippen LogP contribution in [0.5, 0.6) is 0 Å². The number of halogens is 1. The molecule has 0 aromatic heterocycles. The molecule has 1 unspecified atom stereocenters. The Kier molecular flexibility index (Phi) is 3.43. The van der Waals surface area contributed by atoms with E-state index < -0.39 is 0 Å². The number of amides is 1. The van der Waals surface area contributed by atoms with E-state index >= 15 is 0 Å². The van der Waals surface area contributed by atoms with Gasteiger partial charge in [0.25, 0.3) is 0 Å². The molecule has 17 heavy (non-hydrogen) atoms. The maximum Gasteiger partial charge on any atom is 0.223 e. The Morgan fingerprint density at radius 1 is 1.53 bits per heavy atom. The largest absolute Gasteiger partial charge is 0.356 e. The first-order chi connectivity index (χ1) is 7.99. The molecule has 1 atom stereocenters. The highest BCUT2D eigenvalue weighted by atomic mass is 35.5. The molecule has 92 valence electrons. The standard InChI is InChI=1S/C14H18ClNO/c1-14(2)9-12(14)13(17)16-7-6-10-4-3-5-11(15)8-10/h3-5,8,12H,6-7,9H2,1-2H3,(H,16,17). The molecule has 1 saturated carbocycles. The van der Waals surface area contributed by atoms with E-state index in [0.29, 0.717) is 6.54 Å². The van der Waals surface area contributed by atoms with Crippen LogP contribution in [0.2, 0.25) is 5.02 Å². The molecule has 0 radical (unpaired) electrons. The number of hydrogen-bond acceptors (Lipinski definition) is 1. The van der Waals surface area contributed by atoms with E-state index in [0.717, 1.165) is 23.4 Å². The fourth-order valence-electron chi connectivity index (χ4n) is 2.06. The van der Waals surface area contributed by atoms with Gasteiger partial charge in [-0.15, -0.1) is 0 Å². The molecule has 0 aliphatic heterocycles. The Hall–Kier alpha value is -1.02. The van der Waals surface area contributed by atoms with Gasteiger partial charge in [0.1, 0.15) is 0 Å². The van der Waals surface area contributed by atoms with Gasteiger partial charge in [0, 0.05) is 17.5 Å². The molecular formula is C14H18ClNO. The third kappa shape index (κ3) is 3.22. The molecule has 0 heterocycles. The van der Waals surface area contributed by atoms with Crippen LogP contribution in [0.1, 0.15) is 25.8 Å². The van der Waals surface area contributed by atoms with Crippen LogP contribution >= 0.6 is 11.6 Å². The minimum atomic E-state index is 0.192. The van der Waals surface area contributed by atoms with Crippen LogP contribution in [-0.2, 0) is 11.2 Å². The van der Waals surface area contributed by atoms with Gasteiger partial charge < -0.3 is 5.32 Å². The van der Waals surface area contributed by atoms with E-state index in [-0.39, 0.29) is 17.2 Å². The van der Waals surface area contributed by atoms with Crippen LogP contribution in [0.25, 0.3) is 0 Å². The summed E-state index contributed by atoms with van der Waals surface area (Å²) in [6.45, 7) is 4.95. The molecule has 1 aliphatic rings. The molecule has 1 N–H and O–H groups in total. The topological polar surface area (TPSA) is 29.1 Å². The van der Waals surface area contributed by atoms with Crippen LogP contribution in [-0.4, -0.2) is 12.5 Å². The Balaban J connectivity index is 1.75. The maximum atomic E-state index is 11.7. The zero-order valence-electron chi connectivity index (χ0n) is 10.3. The number of carbonyl (C=O) groups is 1. The van der Waals surface area contributed by atoms with Crippen molar-refractivity contribution in [3.8, 4) is 0 Å². The second-order valence-electron chi connectivity index (χ2n) is 5.42. The van der Waals surface area contributed by atoms with Gasteiger partial charge in [0.05, 0.1) is 0 Å². The number of hydrogen-bond donors (Lipinski definition) is 1.